The molecule has 0 saturated carbocycles. The van der Waals surface area contributed by atoms with E-state index in [2.05, 4.69) is 17.6 Å². The van der Waals surface area contributed by atoms with Crippen LogP contribution in [0.1, 0.15) is 35.7 Å². The van der Waals surface area contributed by atoms with E-state index in [9.17, 15) is 9.59 Å². The Labute approximate surface area is 131 Å². The zero-order chi connectivity index (χ0) is 14.5. The maximum Gasteiger partial charge on any atom is 0.248 e. The Hall–Kier alpha value is -1.59. The predicted molar refractivity (Wildman–Crippen MR) is 84.2 cm³/mol. The lowest BCUT2D eigenvalue weighted by Crippen LogP contribution is -2.42. The maximum atomic E-state index is 12.1. The van der Waals surface area contributed by atoms with Gasteiger partial charge in [0.15, 0.2) is 0 Å². The Morgan fingerprint density at radius 3 is 2.86 bits per heavy atom. The molecule has 0 spiro atoms. The number of halogens is 1. The third kappa shape index (κ3) is 5.02. The van der Waals surface area contributed by atoms with Crippen molar-refractivity contribution in [2.45, 2.75) is 32.4 Å². The summed E-state index contributed by atoms with van der Waals surface area (Å²) < 4.78 is 0. The minimum Gasteiger partial charge on any atom is -0.366 e. The average molecular weight is 312 g/mol. The average Bonchev–Trinajstić information content (AvgIpc) is 2.45. The molecule has 6 heteroatoms. The number of hydrogen-bond acceptors (Lipinski definition) is 3. The molecule has 1 aliphatic rings. The van der Waals surface area contributed by atoms with E-state index in [-0.39, 0.29) is 24.2 Å². The number of nitrogens with one attached hydrogen (secondary N) is 2. The fourth-order valence-corrected chi connectivity index (χ4v) is 2.54. The smallest absolute Gasteiger partial charge is 0.248 e. The first kappa shape index (κ1) is 17.5. The van der Waals surface area contributed by atoms with E-state index in [4.69, 9.17) is 5.73 Å². The summed E-state index contributed by atoms with van der Waals surface area (Å²) in [6.45, 7) is 3.41. The van der Waals surface area contributed by atoms with Crippen molar-refractivity contribution in [1.29, 1.82) is 0 Å². The molecule has 0 unspecified atom stereocenters. The Morgan fingerprint density at radius 2 is 2.19 bits per heavy atom. The van der Waals surface area contributed by atoms with E-state index >= 15 is 0 Å². The summed E-state index contributed by atoms with van der Waals surface area (Å²) in [5, 5.41) is 6.27. The SMILES string of the molecule is C[C@H]1C[C@@H](C(=O)NCc2cccc(C(N)=O)c2)CCN1.Cl. The summed E-state index contributed by atoms with van der Waals surface area (Å²) in [6.07, 6.45) is 1.74. The first-order chi connectivity index (χ1) is 9.56. The number of hydrogen-bond donors (Lipinski definition) is 3. The van der Waals surface area contributed by atoms with Crippen LogP contribution in [0.3, 0.4) is 0 Å². The summed E-state index contributed by atoms with van der Waals surface area (Å²) >= 11 is 0. The van der Waals surface area contributed by atoms with Gasteiger partial charge in [-0.2, -0.15) is 0 Å². The Morgan fingerprint density at radius 1 is 1.43 bits per heavy atom. The van der Waals surface area contributed by atoms with E-state index in [0.29, 0.717) is 18.2 Å². The molecule has 0 bridgehead atoms. The molecule has 5 nitrogen and oxygen atoms in total. The molecule has 1 aromatic carbocycles. The Bertz CT molecular complexity index is 507. The van der Waals surface area contributed by atoms with Crippen molar-refractivity contribution >= 4 is 24.2 Å². The second-order valence-corrected chi connectivity index (χ2v) is 5.36. The van der Waals surface area contributed by atoms with Crippen molar-refractivity contribution in [2.24, 2.45) is 11.7 Å². The summed E-state index contributed by atoms with van der Waals surface area (Å²) in [5.41, 5.74) is 6.59. The molecule has 116 valence electrons. The number of nitrogens with two attached hydrogens (primary N) is 1. The molecule has 2 atom stereocenters. The second kappa shape index (κ2) is 8.00. The molecule has 21 heavy (non-hydrogen) atoms. The number of piperidine rings is 1. The molecule has 0 radical (unpaired) electrons. The van der Waals surface area contributed by atoms with Gasteiger partial charge >= 0.3 is 0 Å². The van der Waals surface area contributed by atoms with Crippen LogP contribution in [-0.4, -0.2) is 24.4 Å². The van der Waals surface area contributed by atoms with Gasteiger partial charge in [-0.3, -0.25) is 9.59 Å². The van der Waals surface area contributed by atoms with Crippen LogP contribution in [0.2, 0.25) is 0 Å². The van der Waals surface area contributed by atoms with Crippen LogP contribution in [0.25, 0.3) is 0 Å². The monoisotopic (exact) mass is 311 g/mol. The van der Waals surface area contributed by atoms with Crippen molar-refractivity contribution in [3.05, 3.63) is 35.4 Å². The first-order valence-corrected chi connectivity index (χ1v) is 6.96. The molecule has 1 aliphatic heterocycles. The highest BCUT2D eigenvalue weighted by atomic mass is 35.5. The van der Waals surface area contributed by atoms with Crippen molar-refractivity contribution in [2.75, 3.05) is 6.54 Å². The minimum absolute atomic E-state index is 0. The van der Waals surface area contributed by atoms with Gasteiger partial charge in [-0.25, -0.2) is 0 Å². The third-order valence-corrected chi connectivity index (χ3v) is 3.67. The van der Waals surface area contributed by atoms with Crippen LogP contribution in [-0.2, 0) is 11.3 Å². The van der Waals surface area contributed by atoms with Crippen molar-refractivity contribution in [3.63, 3.8) is 0 Å². The van der Waals surface area contributed by atoms with Crippen LogP contribution >= 0.6 is 12.4 Å². The summed E-state index contributed by atoms with van der Waals surface area (Å²) in [7, 11) is 0. The Balaban J connectivity index is 0.00000220. The lowest BCUT2D eigenvalue weighted by Gasteiger charge is -2.27. The van der Waals surface area contributed by atoms with Crippen molar-refractivity contribution < 1.29 is 9.59 Å². The molecule has 1 saturated heterocycles. The van der Waals surface area contributed by atoms with Crippen LogP contribution in [0.5, 0.6) is 0 Å². The summed E-state index contributed by atoms with van der Waals surface area (Å²) in [6, 6.07) is 7.42. The second-order valence-electron chi connectivity index (χ2n) is 5.36. The van der Waals surface area contributed by atoms with Crippen LogP contribution in [0, 0.1) is 5.92 Å². The van der Waals surface area contributed by atoms with Crippen molar-refractivity contribution in [1.82, 2.24) is 10.6 Å². The lowest BCUT2D eigenvalue weighted by molar-refractivity contribution is -0.126. The van der Waals surface area contributed by atoms with E-state index in [1.54, 1.807) is 18.2 Å². The molecule has 4 N–H and O–H groups in total. The van der Waals surface area contributed by atoms with E-state index < -0.39 is 5.91 Å². The van der Waals surface area contributed by atoms with Gasteiger partial charge in [0.25, 0.3) is 0 Å². The molecule has 2 amide bonds. The van der Waals surface area contributed by atoms with E-state index in [1.165, 1.54) is 0 Å². The van der Waals surface area contributed by atoms with Crippen LogP contribution in [0.4, 0.5) is 0 Å². The standard InChI is InChI=1S/C15H21N3O2.ClH/c1-10-7-13(5-6-17-10)15(20)18-9-11-3-2-4-12(8-11)14(16)19;/h2-4,8,10,13,17H,5-7,9H2,1H3,(H2,16,19)(H,18,20);1H/t10-,13-;/m0./s1. The van der Waals surface area contributed by atoms with E-state index in [1.807, 2.05) is 6.07 Å². The van der Waals surface area contributed by atoms with Gasteiger partial charge in [0.05, 0.1) is 0 Å². The fraction of sp³-hybridized carbons (Fsp3) is 0.467. The van der Waals surface area contributed by atoms with Gasteiger partial charge in [-0.15, -0.1) is 12.4 Å². The van der Waals surface area contributed by atoms with Gasteiger partial charge in [0.2, 0.25) is 11.8 Å². The highest BCUT2D eigenvalue weighted by Crippen LogP contribution is 2.16. The maximum absolute atomic E-state index is 12.1. The molecule has 1 fully saturated rings. The normalized spacial score (nSPS) is 21.2. The van der Waals surface area contributed by atoms with Gasteiger partial charge in [-0.05, 0) is 44.0 Å². The highest BCUT2D eigenvalue weighted by molar-refractivity contribution is 5.92. The fourth-order valence-electron chi connectivity index (χ4n) is 2.54. The lowest BCUT2D eigenvalue weighted by atomic mass is 9.92. The summed E-state index contributed by atoms with van der Waals surface area (Å²) in [5.74, 6) is -0.293. The molecule has 1 aromatic rings. The number of primary amides is 1. The molecular formula is C15H22ClN3O2. The number of benzene rings is 1. The van der Waals surface area contributed by atoms with Crippen LogP contribution < -0.4 is 16.4 Å². The number of rotatable bonds is 4. The van der Waals surface area contributed by atoms with Gasteiger partial charge in [-0.1, -0.05) is 12.1 Å². The molecule has 2 rings (SSSR count). The number of amides is 2. The zero-order valence-electron chi connectivity index (χ0n) is 12.1. The van der Waals surface area contributed by atoms with Gasteiger partial charge < -0.3 is 16.4 Å². The highest BCUT2D eigenvalue weighted by Gasteiger charge is 2.24. The first-order valence-electron chi connectivity index (χ1n) is 6.96. The predicted octanol–water partition coefficient (Wildman–Crippen LogP) is 1.21. The van der Waals surface area contributed by atoms with E-state index in [0.717, 1.165) is 24.9 Å². The largest absolute Gasteiger partial charge is 0.366 e. The van der Waals surface area contributed by atoms with Crippen LogP contribution in [0.15, 0.2) is 24.3 Å². The quantitative estimate of drug-likeness (QED) is 0.781. The molecule has 1 heterocycles. The minimum atomic E-state index is -0.453. The molecular weight excluding hydrogens is 290 g/mol. The molecule has 0 aromatic heterocycles. The van der Waals surface area contributed by atoms with Gasteiger partial charge in [0, 0.05) is 24.1 Å². The topological polar surface area (TPSA) is 84.2 Å². The zero-order valence-corrected chi connectivity index (χ0v) is 12.9. The summed E-state index contributed by atoms with van der Waals surface area (Å²) in [4.78, 5) is 23.2. The Kier molecular flexibility index (Phi) is 6.65. The molecule has 0 aliphatic carbocycles. The number of carbonyl (C=O) groups excluding carboxylic acids is 2. The third-order valence-electron chi connectivity index (χ3n) is 3.67. The van der Waals surface area contributed by atoms with Crippen molar-refractivity contribution in [3.8, 4) is 0 Å². The van der Waals surface area contributed by atoms with Gasteiger partial charge in [0.1, 0.15) is 0 Å². The number of carbonyl (C=O) groups is 2.